The van der Waals surface area contributed by atoms with E-state index in [1.165, 1.54) is 13.2 Å². The standard InChI is InChI=1S/C13H12FNO2/c1-17-13-7-6-10(12(8-16)15-13)9-4-2-3-5-11(9)14/h2-7,16H,8H2,1H3. The Morgan fingerprint density at radius 1 is 1.18 bits per heavy atom. The van der Waals surface area contributed by atoms with Crippen molar-refractivity contribution in [1.82, 2.24) is 4.98 Å². The Bertz CT molecular complexity index is 529. The maximum Gasteiger partial charge on any atom is 0.213 e. The van der Waals surface area contributed by atoms with Crippen molar-refractivity contribution in [1.29, 1.82) is 0 Å². The first-order valence-electron chi connectivity index (χ1n) is 5.16. The van der Waals surface area contributed by atoms with Gasteiger partial charge in [-0.25, -0.2) is 9.37 Å². The smallest absolute Gasteiger partial charge is 0.213 e. The number of rotatable bonds is 3. The van der Waals surface area contributed by atoms with Crippen molar-refractivity contribution in [3.63, 3.8) is 0 Å². The van der Waals surface area contributed by atoms with Crippen LogP contribution in [0.2, 0.25) is 0 Å². The highest BCUT2D eigenvalue weighted by atomic mass is 19.1. The average Bonchev–Trinajstić information content (AvgIpc) is 2.38. The van der Waals surface area contributed by atoms with Crippen molar-refractivity contribution < 1.29 is 14.2 Å². The van der Waals surface area contributed by atoms with Crippen LogP contribution in [0.1, 0.15) is 5.69 Å². The number of nitrogens with zero attached hydrogens (tertiary/aromatic N) is 1. The van der Waals surface area contributed by atoms with Crippen molar-refractivity contribution in [2.24, 2.45) is 0 Å². The van der Waals surface area contributed by atoms with Crippen LogP contribution >= 0.6 is 0 Å². The molecule has 0 spiro atoms. The lowest BCUT2D eigenvalue weighted by molar-refractivity contribution is 0.275. The molecule has 4 heteroatoms. The molecule has 2 rings (SSSR count). The SMILES string of the molecule is COc1ccc(-c2ccccc2F)c(CO)n1. The molecule has 1 N–H and O–H groups in total. The van der Waals surface area contributed by atoms with Gasteiger partial charge in [-0.2, -0.15) is 0 Å². The summed E-state index contributed by atoms with van der Waals surface area (Å²) in [5.41, 5.74) is 1.40. The second kappa shape index (κ2) is 4.93. The number of pyridine rings is 1. The minimum absolute atomic E-state index is 0.263. The molecule has 3 nitrogen and oxygen atoms in total. The van der Waals surface area contributed by atoms with E-state index in [9.17, 15) is 9.50 Å². The zero-order chi connectivity index (χ0) is 12.3. The molecule has 0 radical (unpaired) electrons. The summed E-state index contributed by atoms with van der Waals surface area (Å²) in [6.45, 7) is -0.263. The van der Waals surface area contributed by atoms with E-state index in [4.69, 9.17) is 4.74 Å². The Morgan fingerprint density at radius 3 is 2.59 bits per heavy atom. The quantitative estimate of drug-likeness (QED) is 0.885. The fraction of sp³-hybridized carbons (Fsp3) is 0.154. The highest BCUT2D eigenvalue weighted by Gasteiger charge is 2.11. The molecular formula is C13H12FNO2. The van der Waals surface area contributed by atoms with Crippen LogP contribution in [0.15, 0.2) is 36.4 Å². The molecule has 0 aliphatic heterocycles. The lowest BCUT2D eigenvalue weighted by Gasteiger charge is -2.09. The molecule has 0 aliphatic rings. The van der Waals surface area contributed by atoms with E-state index in [2.05, 4.69) is 4.98 Å². The molecule has 0 amide bonds. The molecule has 88 valence electrons. The van der Waals surface area contributed by atoms with Gasteiger partial charge >= 0.3 is 0 Å². The normalized spacial score (nSPS) is 10.3. The summed E-state index contributed by atoms with van der Waals surface area (Å²) in [5, 5.41) is 9.25. The molecule has 1 aromatic heterocycles. The van der Waals surface area contributed by atoms with Gasteiger partial charge in [0, 0.05) is 17.2 Å². The first-order valence-corrected chi connectivity index (χ1v) is 5.16. The molecule has 0 bridgehead atoms. The number of halogens is 1. The lowest BCUT2D eigenvalue weighted by Crippen LogP contribution is -1.98. The average molecular weight is 233 g/mol. The number of methoxy groups -OCH3 is 1. The van der Waals surface area contributed by atoms with Gasteiger partial charge in [0.05, 0.1) is 19.4 Å². The van der Waals surface area contributed by atoms with Crippen LogP contribution in [-0.2, 0) is 6.61 Å². The van der Waals surface area contributed by atoms with Crippen molar-refractivity contribution in [3.05, 3.63) is 47.9 Å². The van der Waals surface area contributed by atoms with Gasteiger partial charge in [-0.05, 0) is 12.1 Å². The Labute approximate surface area is 98.5 Å². The minimum atomic E-state index is -0.339. The first kappa shape index (κ1) is 11.5. The van der Waals surface area contributed by atoms with E-state index in [1.54, 1.807) is 30.3 Å². The van der Waals surface area contributed by atoms with Crippen molar-refractivity contribution in [2.45, 2.75) is 6.61 Å². The Hall–Kier alpha value is -1.94. The fourth-order valence-corrected chi connectivity index (χ4v) is 1.64. The molecule has 0 atom stereocenters. The summed E-state index contributed by atoms with van der Waals surface area (Å²) in [7, 11) is 1.49. The number of hydrogen-bond donors (Lipinski definition) is 1. The number of hydrogen-bond acceptors (Lipinski definition) is 3. The van der Waals surface area contributed by atoms with Crippen LogP contribution in [0.25, 0.3) is 11.1 Å². The molecule has 0 saturated carbocycles. The van der Waals surface area contributed by atoms with Gasteiger partial charge in [0.1, 0.15) is 5.82 Å². The topological polar surface area (TPSA) is 42.4 Å². The predicted octanol–water partition coefficient (Wildman–Crippen LogP) is 2.39. The van der Waals surface area contributed by atoms with E-state index in [0.29, 0.717) is 22.7 Å². The van der Waals surface area contributed by atoms with E-state index < -0.39 is 0 Å². The number of aliphatic hydroxyl groups is 1. The molecule has 1 heterocycles. The van der Waals surface area contributed by atoms with Crippen LogP contribution < -0.4 is 4.74 Å². The molecule has 0 aliphatic carbocycles. The van der Waals surface area contributed by atoms with Crippen LogP contribution in [0, 0.1) is 5.82 Å². The highest BCUT2D eigenvalue weighted by Crippen LogP contribution is 2.27. The largest absolute Gasteiger partial charge is 0.481 e. The minimum Gasteiger partial charge on any atom is -0.481 e. The Morgan fingerprint density at radius 2 is 1.94 bits per heavy atom. The first-order chi connectivity index (χ1) is 8.26. The molecule has 1 aromatic carbocycles. The molecule has 2 aromatic rings. The highest BCUT2D eigenvalue weighted by molar-refractivity contribution is 5.66. The molecule has 17 heavy (non-hydrogen) atoms. The summed E-state index contributed by atoms with van der Waals surface area (Å²) in [5.74, 6) is 0.0586. The fourth-order valence-electron chi connectivity index (χ4n) is 1.64. The second-order valence-electron chi connectivity index (χ2n) is 3.49. The van der Waals surface area contributed by atoms with E-state index in [1.807, 2.05) is 0 Å². The van der Waals surface area contributed by atoms with Crippen LogP contribution in [0.3, 0.4) is 0 Å². The van der Waals surface area contributed by atoms with Crippen molar-refractivity contribution >= 4 is 0 Å². The Balaban J connectivity index is 2.56. The zero-order valence-corrected chi connectivity index (χ0v) is 9.35. The molecule has 0 unspecified atom stereocenters. The van der Waals surface area contributed by atoms with Gasteiger partial charge in [-0.15, -0.1) is 0 Å². The summed E-state index contributed by atoms with van der Waals surface area (Å²) in [4.78, 5) is 4.09. The predicted molar refractivity (Wildman–Crippen MR) is 62.1 cm³/mol. The number of aromatic nitrogens is 1. The summed E-state index contributed by atoms with van der Waals surface area (Å²) in [6, 6.07) is 9.72. The van der Waals surface area contributed by atoms with Gasteiger partial charge in [-0.3, -0.25) is 0 Å². The monoisotopic (exact) mass is 233 g/mol. The summed E-state index contributed by atoms with van der Waals surface area (Å²) in [6.07, 6.45) is 0. The van der Waals surface area contributed by atoms with E-state index in [-0.39, 0.29) is 12.4 Å². The maximum atomic E-state index is 13.6. The van der Waals surface area contributed by atoms with Gasteiger partial charge in [0.15, 0.2) is 0 Å². The van der Waals surface area contributed by atoms with Gasteiger partial charge in [-0.1, -0.05) is 18.2 Å². The Kier molecular flexibility index (Phi) is 3.35. The third-order valence-electron chi connectivity index (χ3n) is 2.47. The van der Waals surface area contributed by atoms with Gasteiger partial charge in [0.2, 0.25) is 5.88 Å². The van der Waals surface area contributed by atoms with Crippen LogP contribution in [0.4, 0.5) is 4.39 Å². The summed E-state index contributed by atoms with van der Waals surface area (Å²) < 4.78 is 18.6. The molecule has 0 saturated heterocycles. The number of benzene rings is 1. The van der Waals surface area contributed by atoms with Crippen molar-refractivity contribution in [3.8, 4) is 17.0 Å². The second-order valence-corrected chi connectivity index (χ2v) is 3.49. The van der Waals surface area contributed by atoms with Crippen molar-refractivity contribution in [2.75, 3.05) is 7.11 Å². The number of ether oxygens (including phenoxy) is 1. The summed E-state index contributed by atoms with van der Waals surface area (Å²) >= 11 is 0. The maximum absolute atomic E-state index is 13.6. The van der Waals surface area contributed by atoms with E-state index >= 15 is 0 Å². The van der Waals surface area contributed by atoms with E-state index in [0.717, 1.165) is 0 Å². The zero-order valence-electron chi connectivity index (χ0n) is 9.35. The van der Waals surface area contributed by atoms with Gasteiger partial charge < -0.3 is 9.84 Å². The number of aliphatic hydroxyl groups excluding tert-OH is 1. The lowest BCUT2D eigenvalue weighted by atomic mass is 10.0. The third kappa shape index (κ3) is 2.26. The van der Waals surface area contributed by atoms with Gasteiger partial charge in [0.25, 0.3) is 0 Å². The third-order valence-corrected chi connectivity index (χ3v) is 2.47. The molecular weight excluding hydrogens is 221 g/mol. The molecule has 0 fully saturated rings. The van der Waals surface area contributed by atoms with Crippen LogP contribution in [0.5, 0.6) is 5.88 Å². The van der Waals surface area contributed by atoms with Crippen LogP contribution in [-0.4, -0.2) is 17.2 Å².